The van der Waals surface area contributed by atoms with Gasteiger partial charge in [-0.2, -0.15) is 18.4 Å². The normalized spacial score (nSPS) is 20.1. The SMILES string of the molecule is CCc1nc(C(=O)NCC2(C#N)CCC(S(C)(=O)=O)CC2)c(C)n1-c1ncc(CC(C)(C)C(F)(F)F)cc1OC. The third kappa shape index (κ3) is 6.43. The molecule has 0 aromatic carbocycles. The lowest BCUT2D eigenvalue weighted by Gasteiger charge is -2.34. The van der Waals surface area contributed by atoms with E-state index < -0.39 is 38.0 Å². The first-order chi connectivity index (χ1) is 18.5. The summed E-state index contributed by atoms with van der Waals surface area (Å²) >= 11 is 0. The Hall–Kier alpha value is -3.14. The number of halogens is 3. The molecule has 1 saturated carbocycles. The molecule has 0 atom stereocenters. The number of carbonyl (C=O) groups excluding carboxylic acids is 1. The Kier molecular flexibility index (Phi) is 8.94. The van der Waals surface area contributed by atoms with Crippen molar-refractivity contribution < 1.29 is 31.1 Å². The molecule has 2 aromatic heterocycles. The molecule has 1 N–H and O–H groups in total. The van der Waals surface area contributed by atoms with Gasteiger partial charge >= 0.3 is 6.18 Å². The van der Waals surface area contributed by atoms with E-state index in [1.54, 1.807) is 11.5 Å². The van der Waals surface area contributed by atoms with E-state index in [2.05, 4.69) is 21.4 Å². The van der Waals surface area contributed by atoms with Crippen LogP contribution in [0, 0.1) is 29.1 Å². The Bertz CT molecular complexity index is 1400. The van der Waals surface area contributed by atoms with Crippen molar-refractivity contribution >= 4 is 15.7 Å². The number of alkyl halides is 3. The summed E-state index contributed by atoms with van der Waals surface area (Å²) in [6.45, 7) is 5.83. The number of aromatic nitrogens is 3. The van der Waals surface area contributed by atoms with Crippen LogP contribution >= 0.6 is 0 Å². The first kappa shape index (κ1) is 31.4. The van der Waals surface area contributed by atoms with E-state index in [1.807, 2.05) is 6.92 Å². The predicted molar refractivity (Wildman–Crippen MR) is 143 cm³/mol. The van der Waals surface area contributed by atoms with Crippen LogP contribution in [0.5, 0.6) is 5.75 Å². The van der Waals surface area contributed by atoms with Gasteiger partial charge in [0.25, 0.3) is 5.91 Å². The highest BCUT2D eigenvalue weighted by atomic mass is 32.2. The van der Waals surface area contributed by atoms with Crippen LogP contribution in [0.3, 0.4) is 0 Å². The zero-order valence-electron chi connectivity index (χ0n) is 23.6. The van der Waals surface area contributed by atoms with Gasteiger partial charge in [-0.25, -0.2) is 18.4 Å². The lowest BCUT2D eigenvalue weighted by atomic mass is 9.75. The molecule has 0 radical (unpaired) electrons. The number of rotatable bonds is 9. The lowest BCUT2D eigenvalue weighted by Crippen LogP contribution is -2.41. The van der Waals surface area contributed by atoms with E-state index >= 15 is 0 Å². The van der Waals surface area contributed by atoms with Crippen LogP contribution in [0.15, 0.2) is 12.3 Å². The van der Waals surface area contributed by atoms with Crippen LogP contribution in [0.1, 0.15) is 74.0 Å². The minimum Gasteiger partial charge on any atom is -0.493 e. The smallest absolute Gasteiger partial charge is 0.394 e. The molecule has 0 unspecified atom stereocenters. The van der Waals surface area contributed by atoms with Crippen molar-refractivity contribution in [3.05, 3.63) is 35.0 Å². The zero-order chi connectivity index (χ0) is 30.1. The number of hydrogen-bond donors (Lipinski definition) is 1. The molecule has 1 amide bonds. The van der Waals surface area contributed by atoms with Gasteiger partial charge in [-0.15, -0.1) is 0 Å². The summed E-state index contributed by atoms with van der Waals surface area (Å²) in [6.07, 6.45) is -0.262. The van der Waals surface area contributed by atoms with Crippen LogP contribution in [-0.2, 0) is 22.7 Å². The quantitative estimate of drug-likeness (QED) is 0.460. The van der Waals surface area contributed by atoms with Crippen LogP contribution in [0.25, 0.3) is 5.82 Å². The maximum Gasteiger partial charge on any atom is 0.394 e. The summed E-state index contributed by atoms with van der Waals surface area (Å²) in [4.78, 5) is 22.1. The zero-order valence-corrected chi connectivity index (χ0v) is 24.5. The Balaban J connectivity index is 1.86. The van der Waals surface area contributed by atoms with E-state index in [1.165, 1.54) is 25.6 Å². The molecule has 0 bridgehead atoms. The van der Waals surface area contributed by atoms with Crippen LogP contribution in [0.4, 0.5) is 13.2 Å². The van der Waals surface area contributed by atoms with Gasteiger partial charge in [0.2, 0.25) is 0 Å². The van der Waals surface area contributed by atoms with E-state index in [0.29, 0.717) is 55.0 Å². The minimum absolute atomic E-state index is 0.0534. The van der Waals surface area contributed by atoms with Crippen molar-refractivity contribution in [2.24, 2.45) is 10.8 Å². The second-order valence-electron chi connectivity index (χ2n) is 11.2. The highest BCUT2D eigenvalue weighted by Crippen LogP contribution is 2.41. The first-order valence-electron chi connectivity index (χ1n) is 13.0. The van der Waals surface area contributed by atoms with Gasteiger partial charge in [-0.05, 0) is 50.7 Å². The number of sulfone groups is 1. The average Bonchev–Trinajstić information content (AvgIpc) is 3.22. The summed E-state index contributed by atoms with van der Waals surface area (Å²) in [5.41, 5.74) is -1.90. The third-order valence-electron chi connectivity index (χ3n) is 7.76. The number of amides is 1. The Morgan fingerprint density at radius 3 is 2.42 bits per heavy atom. The summed E-state index contributed by atoms with van der Waals surface area (Å²) in [5.74, 6) is 0.544. The summed E-state index contributed by atoms with van der Waals surface area (Å²) in [5, 5.41) is 12.2. The number of hydrogen-bond acceptors (Lipinski definition) is 7. The number of nitriles is 1. The minimum atomic E-state index is -4.39. The fourth-order valence-electron chi connectivity index (χ4n) is 5.03. The van der Waals surface area contributed by atoms with Gasteiger partial charge in [-0.3, -0.25) is 9.36 Å². The van der Waals surface area contributed by atoms with Crippen molar-refractivity contribution in [3.8, 4) is 17.6 Å². The molecule has 220 valence electrons. The molecule has 1 fully saturated rings. The Labute approximate surface area is 233 Å². The van der Waals surface area contributed by atoms with E-state index in [4.69, 9.17) is 4.74 Å². The molecule has 1 aliphatic carbocycles. The molecule has 3 rings (SSSR count). The molecule has 0 spiro atoms. The van der Waals surface area contributed by atoms with Gasteiger partial charge in [0.05, 0.1) is 35.0 Å². The number of ether oxygens (including phenoxy) is 1. The van der Waals surface area contributed by atoms with Gasteiger partial charge in [0, 0.05) is 25.4 Å². The van der Waals surface area contributed by atoms with Crippen molar-refractivity contribution in [1.82, 2.24) is 19.9 Å². The second-order valence-corrected chi connectivity index (χ2v) is 13.5. The predicted octanol–water partition coefficient (Wildman–Crippen LogP) is 4.50. The topological polar surface area (TPSA) is 127 Å². The third-order valence-corrected chi connectivity index (χ3v) is 9.45. The van der Waals surface area contributed by atoms with E-state index in [0.717, 1.165) is 13.8 Å². The maximum atomic E-state index is 13.4. The van der Waals surface area contributed by atoms with Gasteiger partial charge in [-0.1, -0.05) is 20.8 Å². The first-order valence-corrected chi connectivity index (χ1v) is 15.0. The number of aryl methyl sites for hydroxylation is 1. The van der Waals surface area contributed by atoms with Crippen molar-refractivity contribution in [2.45, 2.75) is 77.6 Å². The molecule has 0 saturated heterocycles. The molecule has 2 heterocycles. The standard InChI is InChI=1S/C27H36F3N5O4S/c1-7-21-34-22(24(36)33-16-26(15-31)10-8-19(9-11-26)40(6,37)38)17(2)35(21)23-20(39-5)12-18(14-32-23)13-25(3,4)27(28,29)30/h12,14,19H,7-11,13,16H2,1-6H3,(H,33,36). The molecule has 1 aliphatic rings. The molecule has 0 aliphatic heterocycles. The Morgan fingerprint density at radius 1 is 1.30 bits per heavy atom. The van der Waals surface area contributed by atoms with Crippen LogP contribution < -0.4 is 10.1 Å². The van der Waals surface area contributed by atoms with Crippen molar-refractivity contribution in [1.29, 1.82) is 5.26 Å². The Morgan fingerprint density at radius 2 is 1.93 bits per heavy atom. The summed E-state index contributed by atoms with van der Waals surface area (Å²) in [6, 6.07) is 3.79. The van der Waals surface area contributed by atoms with E-state index in [9.17, 15) is 31.6 Å². The largest absolute Gasteiger partial charge is 0.493 e. The number of imidazole rings is 1. The van der Waals surface area contributed by atoms with E-state index in [-0.39, 0.29) is 24.4 Å². The number of carbonyl (C=O) groups is 1. The molecule has 40 heavy (non-hydrogen) atoms. The molecule has 2 aromatic rings. The van der Waals surface area contributed by atoms with Crippen LogP contribution in [0.2, 0.25) is 0 Å². The van der Waals surface area contributed by atoms with Gasteiger partial charge < -0.3 is 10.1 Å². The molecular weight excluding hydrogens is 547 g/mol. The fraction of sp³-hybridized carbons (Fsp3) is 0.630. The van der Waals surface area contributed by atoms with Gasteiger partial charge in [0.15, 0.2) is 11.6 Å². The maximum absolute atomic E-state index is 13.4. The second kappa shape index (κ2) is 11.4. The summed E-state index contributed by atoms with van der Waals surface area (Å²) in [7, 11) is -1.80. The fourth-order valence-corrected chi connectivity index (χ4v) is 6.12. The van der Waals surface area contributed by atoms with Crippen LogP contribution in [-0.4, -0.2) is 60.2 Å². The lowest BCUT2D eigenvalue weighted by molar-refractivity contribution is -0.211. The highest BCUT2D eigenvalue weighted by molar-refractivity contribution is 7.91. The van der Waals surface area contributed by atoms with Crippen molar-refractivity contribution in [3.63, 3.8) is 0 Å². The number of pyridine rings is 1. The average molecular weight is 584 g/mol. The molecule has 9 nitrogen and oxygen atoms in total. The number of nitrogens with one attached hydrogen (secondary N) is 1. The summed E-state index contributed by atoms with van der Waals surface area (Å²) < 4.78 is 71.2. The monoisotopic (exact) mass is 583 g/mol. The number of nitrogens with zero attached hydrogens (tertiary/aromatic N) is 4. The van der Waals surface area contributed by atoms with Crippen molar-refractivity contribution in [2.75, 3.05) is 19.9 Å². The van der Waals surface area contributed by atoms with Gasteiger partial charge in [0.1, 0.15) is 21.4 Å². The molecule has 13 heteroatoms. The highest BCUT2D eigenvalue weighted by Gasteiger charge is 2.47. The molecular formula is C27H36F3N5O4S. The number of methoxy groups -OCH3 is 1.